The molecule has 0 N–H and O–H groups in total. The number of thiazole rings is 1. The topological polar surface area (TPSA) is 83.5 Å². The zero-order chi connectivity index (χ0) is 34.5. The standard InChI is InChI=1S/C39H31Cl2N5O3S/c1-2-3-21-48-32-16-9-26(10-17-32)11-20-36-42-39-46(43-36)38(47)35(50-39)22-29-24-45(31-7-5-4-6-8-31)44-37(29)27-13-18-33(19-14-27)49-25-28-12-15-30(40)23-34(28)41/h4-20,22-24H,2-3,21,25H2,1H3/b20-11+,35-22-. The SMILES string of the molecule is CCCCOc1ccc(/C=C/c2nc3s/c(=C\c4cn(-c5ccccc5)nc4-c4ccc(OCc5ccc(Cl)cc5Cl)cc4)c(=O)n3n2)cc1. The predicted molar refractivity (Wildman–Crippen MR) is 201 cm³/mol. The third-order valence-electron chi connectivity index (χ3n) is 7.86. The lowest BCUT2D eigenvalue weighted by molar-refractivity contribution is 0.306. The maximum atomic E-state index is 13.5. The van der Waals surface area contributed by atoms with Crippen molar-refractivity contribution in [2.24, 2.45) is 0 Å². The molecule has 50 heavy (non-hydrogen) atoms. The molecule has 7 rings (SSSR count). The van der Waals surface area contributed by atoms with Crippen LogP contribution in [0.5, 0.6) is 11.5 Å². The van der Waals surface area contributed by atoms with E-state index < -0.39 is 0 Å². The lowest BCUT2D eigenvalue weighted by atomic mass is 10.1. The number of aromatic nitrogens is 5. The highest BCUT2D eigenvalue weighted by Crippen LogP contribution is 2.28. The van der Waals surface area contributed by atoms with Crippen LogP contribution in [0, 0.1) is 0 Å². The zero-order valence-electron chi connectivity index (χ0n) is 27.0. The second-order valence-corrected chi connectivity index (χ2v) is 13.3. The molecule has 250 valence electrons. The molecule has 0 aliphatic rings. The van der Waals surface area contributed by atoms with Gasteiger partial charge in [-0.2, -0.15) is 14.6 Å². The first-order valence-electron chi connectivity index (χ1n) is 16.1. The van der Waals surface area contributed by atoms with Crippen molar-refractivity contribution in [1.29, 1.82) is 0 Å². The Labute approximate surface area is 302 Å². The molecule has 0 radical (unpaired) electrons. The minimum Gasteiger partial charge on any atom is -0.494 e. The maximum absolute atomic E-state index is 13.5. The fraction of sp³-hybridized carbons (Fsp3) is 0.128. The number of hydrogen-bond donors (Lipinski definition) is 0. The average molecular weight is 721 g/mol. The molecule has 0 aliphatic heterocycles. The summed E-state index contributed by atoms with van der Waals surface area (Å²) in [5, 5.41) is 10.5. The van der Waals surface area contributed by atoms with Crippen LogP contribution in [0.25, 0.3) is 40.1 Å². The summed E-state index contributed by atoms with van der Waals surface area (Å²) in [5.74, 6) is 1.98. The van der Waals surface area contributed by atoms with Crippen molar-refractivity contribution < 1.29 is 9.47 Å². The Morgan fingerprint density at radius 3 is 2.36 bits per heavy atom. The second kappa shape index (κ2) is 15.1. The van der Waals surface area contributed by atoms with E-state index in [1.165, 1.54) is 15.9 Å². The number of para-hydroxylation sites is 1. The molecule has 0 spiro atoms. The van der Waals surface area contributed by atoms with E-state index in [1.807, 2.05) is 108 Å². The average Bonchev–Trinajstić information content (AvgIpc) is 3.82. The number of hydrogen-bond acceptors (Lipinski definition) is 7. The van der Waals surface area contributed by atoms with Gasteiger partial charge in [0.1, 0.15) is 23.8 Å². The summed E-state index contributed by atoms with van der Waals surface area (Å²) in [6, 6.07) is 30.7. The van der Waals surface area contributed by atoms with Crippen LogP contribution in [-0.4, -0.2) is 31.0 Å². The van der Waals surface area contributed by atoms with Crippen molar-refractivity contribution in [2.75, 3.05) is 6.61 Å². The molecule has 0 amide bonds. The van der Waals surface area contributed by atoms with Crippen LogP contribution in [-0.2, 0) is 6.61 Å². The number of nitrogens with zero attached hydrogens (tertiary/aromatic N) is 5. The molecule has 0 saturated carbocycles. The number of rotatable bonds is 12. The van der Waals surface area contributed by atoms with Gasteiger partial charge in [0, 0.05) is 32.9 Å². The molecule has 3 aromatic heterocycles. The van der Waals surface area contributed by atoms with Crippen molar-refractivity contribution in [3.05, 3.63) is 151 Å². The summed E-state index contributed by atoms with van der Waals surface area (Å²) >= 11 is 13.6. The quantitative estimate of drug-likeness (QED) is 0.117. The molecule has 11 heteroatoms. The van der Waals surface area contributed by atoms with Gasteiger partial charge in [-0.1, -0.05) is 90.4 Å². The van der Waals surface area contributed by atoms with E-state index in [1.54, 1.807) is 18.2 Å². The molecular weight excluding hydrogens is 689 g/mol. The van der Waals surface area contributed by atoms with Crippen molar-refractivity contribution in [1.82, 2.24) is 24.4 Å². The molecule has 0 atom stereocenters. The Hall–Kier alpha value is -5.22. The molecule has 3 heterocycles. The summed E-state index contributed by atoms with van der Waals surface area (Å²) < 4.78 is 15.4. The van der Waals surface area contributed by atoms with Crippen LogP contribution in [0.15, 0.2) is 108 Å². The highest BCUT2D eigenvalue weighted by Gasteiger charge is 2.14. The first-order valence-corrected chi connectivity index (χ1v) is 17.7. The summed E-state index contributed by atoms with van der Waals surface area (Å²) in [7, 11) is 0. The van der Waals surface area contributed by atoms with Gasteiger partial charge in [0.2, 0.25) is 4.96 Å². The fourth-order valence-electron chi connectivity index (χ4n) is 5.18. The van der Waals surface area contributed by atoms with Crippen LogP contribution in [0.3, 0.4) is 0 Å². The van der Waals surface area contributed by atoms with Gasteiger partial charge in [0.15, 0.2) is 5.82 Å². The third kappa shape index (κ3) is 7.65. The normalized spacial score (nSPS) is 11.9. The minimum absolute atomic E-state index is 0.242. The van der Waals surface area contributed by atoms with Crippen molar-refractivity contribution >= 4 is 57.7 Å². The molecule has 0 unspecified atom stereocenters. The monoisotopic (exact) mass is 719 g/mol. The number of fused-ring (bicyclic) bond motifs is 1. The van der Waals surface area contributed by atoms with E-state index in [0.29, 0.717) is 50.0 Å². The third-order valence-corrected chi connectivity index (χ3v) is 9.40. The molecule has 0 fully saturated rings. The van der Waals surface area contributed by atoms with Gasteiger partial charge in [0.05, 0.1) is 16.8 Å². The van der Waals surface area contributed by atoms with Crippen molar-refractivity contribution in [3.8, 4) is 28.4 Å². The summed E-state index contributed by atoms with van der Waals surface area (Å²) in [4.78, 5) is 18.6. The predicted octanol–water partition coefficient (Wildman–Crippen LogP) is 8.79. The van der Waals surface area contributed by atoms with Gasteiger partial charge in [-0.05, 0) is 84.8 Å². The van der Waals surface area contributed by atoms with E-state index in [2.05, 4.69) is 17.0 Å². The fourth-order valence-corrected chi connectivity index (χ4v) is 6.55. The Morgan fingerprint density at radius 1 is 0.860 bits per heavy atom. The number of ether oxygens (including phenoxy) is 2. The van der Waals surface area contributed by atoms with Gasteiger partial charge in [-0.25, -0.2) is 4.68 Å². The largest absolute Gasteiger partial charge is 0.494 e. The number of unbranched alkanes of at least 4 members (excludes halogenated alkanes) is 1. The van der Waals surface area contributed by atoms with Crippen molar-refractivity contribution in [2.45, 2.75) is 26.4 Å². The Bertz CT molecular complexity index is 2390. The lowest BCUT2D eigenvalue weighted by Crippen LogP contribution is -2.23. The maximum Gasteiger partial charge on any atom is 0.291 e. The highest BCUT2D eigenvalue weighted by atomic mass is 35.5. The first kappa shape index (κ1) is 33.3. The van der Waals surface area contributed by atoms with E-state index >= 15 is 0 Å². The Balaban J connectivity index is 1.14. The van der Waals surface area contributed by atoms with Gasteiger partial charge in [0.25, 0.3) is 5.56 Å². The summed E-state index contributed by atoms with van der Waals surface area (Å²) in [6.07, 6.45) is 9.60. The minimum atomic E-state index is -0.242. The van der Waals surface area contributed by atoms with Crippen LogP contribution >= 0.6 is 34.5 Å². The van der Waals surface area contributed by atoms with E-state index in [4.69, 9.17) is 37.8 Å². The lowest BCUT2D eigenvalue weighted by Gasteiger charge is -2.09. The Kier molecular flexibility index (Phi) is 10.1. The molecule has 7 aromatic rings. The van der Waals surface area contributed by atoms with E-state index in [-0.39, 0.29) is 5.56 Å². The van der Waals surface area contributed by atoms with Crippen LogP contribution in [0.1, 0.15) is 42.3 Å². The summed E-state index contributed by atoms with van der Waals surface area (Å²) in [5.41, 5.74) is 4.83. The molecular formula is C39H31Cl2N5O3S. The molecule has 0 bridgehead atoms. The molecule has 0 aliphatic carbocycles. The smallest absolute Gasteiger partial charge is 0.291 e. The van der Waals surface area contributed by atoms with Gasteiger partial charge < -0.3 is 9.47 Å². The highest BCUT2D eigenvalue weighted by molar-refractivity contribution is 7.15. The van der Waals surface area contributed by atoms with Crippen LogP contribution in [0.2, 0.25) is 10.0 Å². The van der Waals surface area contributed by atoms with Gasteiger partial charge in [-0.3, -0.25) is 4.79 Å². The van der Waals surface area contributed by atoms with Gasteiger partial charge in [-0.15, -0.1) is 5.10 Å². The number of benzene rings is 4. The van der Waals surface area contributed by atoms with E-state index in [0.717, 1.165) is 46.5 Å². The number of halogens is 2. The van der Waals surface area contributed by atoms with Crippen LogP contribution < -0.4 is 19.6 Å². The first-order chi connectivity index (χ1) is 24.4. The summed E-state index contributed by atoms with van der Waals surface area (Å²) in [6.45, 7) is 3.15. The molecule has 8 nitrogen and oxygen atoms in total. The Morgan fingerprint density at radius 2 is 1.62 bits per heavy atom. The zero-order valence-corrected chi connectivity index (χ0v) is 29.3. The van der Waals surface area contributed by atoms with E-state index in [9.17, 15) is 4.79 Å². The van der Waals surface area contributed by atoms with Crippen molar-refractivity contribution in [3.63, 3.8) is 0 Å². The molecule has 4 aromatic carbocycles. The molecule has 0 saturated heterocycles. The second-order valence-electron chi connectivity index (χ2n) is 11.4. The van der Waals surface area contributed by atoms with Gasteiger partial charge >= 0.3 is 0 Å². The van der Waals surface area contributed by atoms with Crippen LogP contribution in [0.4, 0.5) is 0 Å².